The minimum absolute atomic E-state index is 0.326. The third-order valence-corrected chi connectivity index (χ3v) is 4.37. The van der Waals surface area contributed by atoms with Crippen LogP contribution in [0.25, 0.3) is 0 Å². The zero-order valence-corrected chi connectivity index (χ0v) is 13.3. The minimum Gasteiger partial charge on any atom is -0.496 e. The molecule has 0 spiro atoms. The van der Waals surface area contributed by atoms with Gasteiger partial charge in [0.15, 0.2) is 0 Å². The lowest BCUT2D eigenvalue weighted by Crippen LogP contribution is -2.23. The summed E-state index contributed by atoms with van der Waals surface area (Å²) in [7, 11) is 1.75. The summed E-state index contributed by atoms with van der Waals surface area (Å²) < 4.78 is 5.48. The molecule has 3 heteroatoms. The standard InChI is InChI=1S/C17H23NOS/c1-4-9-18-15(17-16(19-3)8-10-20-17)12-14-7-5-6-13(2)11-14/h5-8,10-11,15,18H,4,9,12H2,1-3H3. The number of rotatable bonds is 7. The maximum atomic E-state index is 5.48. The lowest BCUT2D eigenvalue weighted by atomic mass is 10.0. The summed E-state index contributed by atoms with van der Waals surface area (Å²) >= 11 is 1.77. The highest BCUT2D eigenvalue weighted by molar-refractivity contribution is 7.10. The molecule has 1 unspecified atom stereocenters. The Balaban J connectivity index is 2.19. The highest BCUT2D eigenvalue weighted by Crippen LogP contribution is 2.32. The third kappa shape index (κ3) is 3.84. The Labute approximate surface area is 125 Å². The highest BCUT2D eigenvalue weighted by Gasteiger charge is 2.17. The summed E-state index contributed by atoms with van der Waals surface area (Å²) in [6.07, 6.45) is 2.14. The SMILES string of the molecule is CCCNC(Cc1cccc(C)c1)c1sccc1OC. The summed E-state index contributed by atoms with van der Waals surface area (Å²) in [4.78, 5) is 1.29. The van der Waals surface area contributed by atoms with Crippen LogP contribution in [-0.4, -0.2) is 13.7 Å². The molecule has 1 heterocycles. The van der Waals surface area contributed by atoms with Crippen LogP contribution >= 0.6 is 11.3 Å². The van der Waals surface area contributed by atoms with Gasteiger partial charge in [0.1, 0.15) is 5.75 Å². The van der Waals surface area contributed by atoms with Crippen molar-refractivity contribution in [2.45, 2.75) is 32.7 Å². The second kappa shape index (κ2) is 7.46. The van der Waals surface area contributed by atoms with E-state index in [0.717, 1.165) is 25.1 Å². The van der Waals surface area contributed by atoms with Crippen molar-refractivity contribution < 1.29 is 4.74 Å². The lowest BCUT2D eigenvalue weighted by Gasteiger charge is -2.19. The van der Waals surface area contributed by atoms with Gasteiger partial charge in [0.25, 0.3) is 0 Å². The summed E-state index contributed by atoms with van der Waals surface area (Å²) in [5.74, 6) is 0.997. The molecule has 1 aromatic carbocycles. The van der Waals surface area contributed by atoms with Crippen molar-refractivity contribution in [3.05, 3.63) is 51.7 Å². The maximum Gasteiger partial charge on any atom is 0.134 e. The molecule has 1 aromatic heterocycles. The smallest absolute Gasteiger partial charge is 0.134 e. The normalized spacial score (nSPS) is 12.3. The molecular formula is C17H23NOS. The van der Waals surface area contributed by atoms with E-state index < -0.39 is 0 Å². The van der Waals surface area contributed by atoms with Gasteiger partial charge < -0.3 is 10.1 Å². The Hall–Kier alpha value is -1.32. The minimum atomic E-state index is 0.326. The predicted octanol–water partition coefficient (Wildman–Crippen LogP) is 4.35. The highest BCUT2D eigenvalue weighted by atomic mass is 32.1. The molecule has 0 saturated carbocycles. The van der Waals surface area contributed by atoms with Gasteiger partial charge in [-0.05, 0) is 43.3 Å². The lowest BCUT2D eigenvalue weighted by molar-refractivity contribution is 0.402. The van der Waals surface area contributed by atoms with E-state index in [1.807, 2.05) is 0 Å². The van der Waals surface area contributed by atoms with E-state index in [1.54, 1.807) is 18.4 Å². The Morgan fingerprint density at radius 2 is 2.15 bits per heavy atom. The van der Waals surface area contributed by atoms with E-state index >= 15 is 0 Å². The number of aryl methyl sites for hydroxylation is 1. The van der Waals surface area contributed by atoms with Crippen LogP contribution in [0.2, 0.25) is 0 Å². The Kier molecular flexibility index (Phi) is 5.62. The zero-order valence-electron chi connectivity index (χ0n) is 12.5. The van der Waals surface area contributed by atoms with Crippen LogP contribution in [-0.2, 0) is 6.42 Å². The van der Waals surface area contributed by atoms with Gasteiger partial charge in [0, 0.05) is 6.04 Å². The van der Waals surface area contributed by atoms with Crippen molar-refractivity contribution in [1.82, 2.24) is 5.32 Å². The molecule has 1 atom stereocenters. The molecule has 0 aliphatic heterocycles. The average molecular weight is 289 g/mol. The number of hydrogen-bond acceptors (Lipinski definition) is 3. The largest absolute Gasteiger partial charge is 0.496 e. The van der Waals surface area contributed by atoms with E-state index in [4.69, 9.17) is 4.74 Å². The number of ether oxygens (including phenoxy) is 1. The topological polar surface area (TPSA) is 21.3 Å². The van der Waals surface area contributed by atoms with Crippen molar-refractivity contribution in [1.29, 1.82) is 0 Å². The Morgan fingerprint density at radius 3 is 2.85 bits per heavy atom. The van der Waals surface area contributed by atoms with Gasteiger partial charge in [-0.15, -0.1) is 11.3 Å². The molecule has 0 saturated heterocycles. The van der Waals surface area contributed by atoms with Crippen molar-refractivity contribution in [2.24, 2.45) is 0 Å². The first-order valence-corrected chi connectivity index (χ1v) is 8.03. The maximum absolute atomic E-state index is 5.48. The van der Waals surface area contributed by atoms with Gasteiger partial charge in [0.2, 0.25) is 0 Å². The van der Waals surface area contributed by atoms with Gasteiger partial charge in [-0.2, -0.15) is 0 Å². The van der Waals surface area contributed by atoms with Crippen molar-refractivity contribution in [3.8, 4) is 5.75 Å². The van der Waals surface area contributed by atoms with E-state index in [9.17, 15) is 0 Å². The first-order chi connectivity index (χ1) is 9.74. The quantitative estimate of drug-likeness (QED) is 0.818. The van der Waals surface area contributed by atoms with Crippen LogP contribution in [0.1, 0.15) is 35.4 Å². The van der Waals surface area contributed by atoms with Gasteiger partial charge in [0.05, 0.1) is 12.0 Å². The molecule has 0 amide bonds. The number of hydrogen-bond donors (Lipinski definition) is 1. The van der Waals surface area contributed by atoms with Crippen LogP contribution < -0.4 is 10.1 Å². The van der Waals surface area contributed by atoms with Crippen LogP contribution in [0, 0.1) is 6.92 Å². The molecule has 0 bridgehead atoms. The van der Waals surface area contributed by atoms with Gasteiger partial charge >= 0.3 is 0 Å². The second-order valence-corrected chi connectivity index (χ2v) is 6.00. The van der Waals surface area contributed by atoms with Gasteiger partial charge in [-0.25, -0.2) is 0 Å². The molecule has 20 heavy (non-hydrogen) atoms. The molecule has 2 rings (SSSR count). The number of methoxy groups -OCH3 is 1. The van der Waals surface area contributed by atoms with E-state index in [-0.39, 0.29) is 0 Å². The van der Waals surface area contributed by atoms with Crippen LogP contribution in [0.3, 0.4) is 0 Å². The van der Waals surface area contributed by atoms with Crippen LogP contribution in [0.15, 0.2) is 35.7 Å². The van der Waals surface area contributed by atoms with Crippen LogP contribution in [0.5, 0.6) is 5.75 Å². The molecule has 2 aromatic rings. The van der Waals surface area contributed by atoms with Gasteiger partial charge in [-0.3, -0.25) is 0 Å². The third-order valence-electron chi connectivity index (χ3n) is 3.36. The molecule has 0 aliphatic rings. The van der Waals surface area contributed by atoms with Crippen molar-refractivity contribution in [3.63, 3.8) is 0 Å². The van der Waals surface area contributed by atoms with Crippen molar-refractivity contribution >= 4 is 11.3 Å². The molecule has 0 aliphatic carbocycles. The Bertz CT molecular complexity index is 535. The molecular weight excluding hydrogens is 266 g/mol. The van der Waals surface area contributed by atoms with Crippen molar-refractivity contribution in [2.75, 3.05) is 13.7 Å². The molecule has 1 N–H and O–H groups in total. The molecule has 2 nitrogen and oxygen atoms in total. The molecule has 108 valence electrons. The molecule has 0 radical (unpaired) electrons. The average Bonchev–Trinajstić information content (AvgIpc) is 2.92. The fraction of sp³-hybridized carbons (Fsp3) is 0.412. The number of nitrogens with one attached hydrogen (secondary N) is 1. The zero-order chi connectivity index (χ0) is 14.4. The summed E-state index contributed by atoms with van der Waals surface area (Å²) in [5, 5.41) is 5.75. The van der Waals surface area contributed by atoms with Crippen LogP contribution in [0.4, 0.5) is 0 Å². The Morgan fingerprint density at radius 1 is 1.30 bits per heavy atom. The fourth-order valence-electron chi connectivity index (χ4n) is 2.38. The molecule has 0 fully saturated rings. The summed E-state index contributed by atoms with van der Waals surface area (Å²) in [6.45, 7) is 5.36. The predicted molar refractivity (Wildman–Crippen MR) is 86.8 cm³/mol. The first kappa shape index (κ1) is 15.1. The number of thiophene rings is 1. The fourth-order valence-corrected chi connectivity index (χ4v) is 3.32. The second-order valence-electron chi connectivity index (χ2n) is 5.05. The monoisotopic (exact) mass is 289 g/mol. The van der Waals surface area contributed by atoms with E-state index in [0.29, 0.717) is 6.04 Å². The van der Waals surface area contributed by atoms with E-state index in [1.165, 1.54) is 16.0 Å². The number of benzene rings is 1. The first-order valence-electron chi connectivity index (χ1n) is 7.15. The summed E-state index contributed by atoms with van der Waals surface area (Å²) in [5.41, 5.74) is 2.68. The van der Waals surface area contributed by atoms with Gasteiger partial charge in [-0.1, -0.05) is 36.8 Å². The van der Waals surface area contributed by atoms with E-state index in [2.05, 4.69) is 54.9 Å². The summed E-state index contributed by atoms with van der Waals surface area (Å²) in [6, 6.07) is 11.1.